The van der Waals surface area contributed by atoms with Gasteiger partial charge in [-0.1, -0.05) is 23.7 Å². The smallest absolute Gasteiger partial charge is 0.264 e. The van der Waals surface area contributed by atoms with Gasteiger partial charge in [-0.3, -0.25) is 13.9 Å². The highest BCUT2D eigenvalue weighted by Gasteiger charge is 2.27. The summed E-state index contributed by atoms with van der Waals surface area (Å²) in [6, 6.07) is 19.0. The molecule has 3 aromatic rings. The molecule has 0 aliphatic rings. The Bertz CT molecular complexity index is 1370. The molecule has 0 aliphatic heterocycles. The normalized spacial score (nSPS) is 11.5. The van der Waals surface area contributed by atoms with Crippen LogP contribution in [0.25, 0.3) is 0 Å². The molecule has 37 heavy (non-hydrogen) atoms. The number of carbonyl (C=O) groups is 2. The third-order valence-electron chi connectivity index (χ3n) is 5.10. The van der Waals surface area contributed by atoms with Crippen LogP contribution in [0.15, 0.2) is 82.8 Å². The number of hydrogen-bond acceptors (Lipinski definition) is 6. The highest BCUT2D eigenvalue weighted by molar-refractivity contribution is 7.92. The number of benzene rings is 3. The maximum absolute atomic E-state index is 13.5. The van der Waals surface area contributed by atoms with Gasteiger partial charge < -0.3 is 10.1 Å². The van der Waals surface area contributed by atoms with Crippen molar-refractivity contribution >= 4 is 50.5 Å². The number of hydrazone groups is 1. The minimum atomic E-state index is -4.11. The summed E-state index contributed by atoms with van der Waals surface area (Å²) in [6.07, 6.45) is 0. The molecule has 0 bridgehead atoms. The summed E-state index contributed by atoms with van der Waals surface area (Å²) in [4.78, 5) is 24.0. The third kappa shape index (κ3) is 7.55. The number of rotatable bonds is 10. The van der Waals surface area contributed by atoms with Gasteiger partial charge in [-0.05, 0) is 80.1 Å². The second-order valence-corrected chi connectivity index (χ2v) is 10.2. The van der Waals surface area contributed by atoms with E-state index in [-0.39, 0.29) is 16.5 Å². The Hall–Kier alpha value is -3.89. The van der Waals surface area contributed by atoms with Crippen LogP contribution in [-0.4, -0.2) is 39.1 Å². The first kappa shape index (κ1) is 27.7. The molecule has 3 rings (SSSR count). The van der Waals surface area contributed by atoms with Crippen LogP contribution in [0.1, 0.15) is 26.3 Å². The zero-order chi connectivity index (χ0) is 27.0. The first-order valence-electron chi connectivity index (χ1n) is 11.3. The molecule has 0 saturated carbocycles. The Balaban J connectivity index is 1.82. The first-order chi connectivity index (χ1) is 17.6. The van der Waals surface area contributed by atoms with Gasteiger partial charge in [-0.15, -0.1) is 0 Å². The van der Waals surface area contributed by atoms with Gasteiger partial charge in [0.1, 0.15) is 12.3 Å². The van der Waals surface area contributed by atoms with E-state index < -0.39 is 22.5 Å². The van der Waals surface area contributed by atoms with E-state index in [1.165, 1.54) is 31.2 Å². The van der Waals surface area contributed by atoms with Crippen molar-refractivity contribution < 1.29 is 22.7 Å². The summed E-state index contributed by atoms with van der Waals surface area (Å²) in [7, 11) is -4.11. The van der Waals surface area contributed by atoms with Gasteiger partial charge in [0.25, 0.3) is 15.9 Å². The molecule has 0 saturated heterocycles. The van der Waals surface area contributed by atoms with Gasteiger partial charge in [0.05, 0.1) is 22.9 Å². The zero-order valence-electron chi connectivity index (χ0n) is 20.6. The predicted octanol–water partition coefficient (Wildman–Crippen LogP) is 4.43. The number of halogens is 1. The molecule has 0 fully saturated rings. The molecule has 11 heteroatoms. The molecule has 0 aliphatic carbocycles. The Labute approximate surface area is 221 Å². The van der Waals surface area contributed by atoms with E-state index in [1.54, 1.807) is 55.5 Å². The number of ether oxygens (including phenoxy) is 1. The molecule has 0 radical (unpaired) electrons. The highest BCUT2D eigenvalue weighted by atomic mass is 35.5. The Kier molecular flexibility index (Phi) is 9.26. The molecule has 0 spiro atoms. The quantitative estimate of drug-likeness (QED) is 0.290. The van der Waals surface area contributed by atoms with Crippen molar-refractivity contribution in [3.8, 4) is 5.75 Å². The molecular formula is C26H27ClN4O5S. The van der Waals surface area contributed by atoms with Crippen LogP contribution in [0, 0.1) is 0 Å². The summed E-state index contributed by atoms with van der Waals surface area (Å²) in [6.45, 7) is 4.90. The van der Waals surface area contributed by atoms with E-state index in [4.69, 9.17) is 16.3 Å². The lowest BCUT2D eigenvalue weighted by Crippen LogP contribution is -2.39. The third-order valence-corrected chi connectivity index (χ3v) is 7.14. The molecular weight excluding hydrogens is 516 g/mol. The standard InChI is InChI=1S/C26H27ClN4O5S/c1-4-36-24-13-11-23(12-14-24)31(37(34,35)25-15-7-21(27)8-16-25)17-26(33)30-29-18(2)20-5-9-22(10-6-20)28-19(3)32/h5-16H,4,17H2,1-3H3,(H,28,32)(H,30,33)/b29-18-. The van der Waals surface area contributed by atoms with Crippen LogP contribution >= 0.6 is 11.6 Å². The van der Waals surface area contributed by atoms with Crippen molar-refractivity contribution in [1.29, 1.82) is 0 Å². The Morgan fingerprint density at radius 3 is 2.14 bits per heavy atom. The summed E-state index contributed by atoms with van der Waals surface area (Å²) >= 11 is 5.92. The largest absolute Gasteiger partial charge is 0.494 e. The van der Waals surface area contributed by atoms with Crippen molar-refractivity contribution in [2.45, 2.75) is 25.7 Å². The van der Waals surface area contributed by atoms with E-state index in [0.717, 1.165) is 4.31 Å². The average molecular weight is 543 g/mol. The summed E-state index contributed by atoms with van der Waals surface area (Å²) in [5.74, 6) is -0.249. The summed E-state index contributed by atoms with van der Waals surface area (Å²) in [5.41, 5.74) is 4.54. The lowest BCUT2D eigenvalue weighted by molar-refractivity contribution is -0.119. The van der Waals surface area contributed by atoms with Crippen molar-refractivity contribution in [3.05, 3.63) is 83.4 Å². The van der Waals surface area contributed by atoms with Crippen LogP contribution < -0.4 is 19.8 Å². The van der Waals surface area contributed by atoms with Crippen LogP contribution in [0.3, 0.4) is 0 Å². The highest BCUT2D eigenvalue weighted by Crippen LogP contribution is 2.26. The lowest BCUT2D eigenvalue weighted by atomic mass is 10.1. The summed E-state index contributed by atoms with van der Waals surface area (Å²) in [5, 5.41) is 7.17. The fraction of sp³-hybridized carbons (Fsp3) is 0.192. The number of carbonyl (C=O) groups excluding carboxylic acids is 2. The minimum Gasteiger partial charge on any atom is -0.494 e. The predicted molar refractivity (Wildman–Crippen MR) is 145 cm³/mol. The van der Waals surface area contributed by atoms with E-state index in [1.807, 2.05) is 6.92 Å². The Morgan fingerprint density at radius 2 is 1.57 bits per heavy atom. The van der Waals surface area contributed by atoms with E-state index in [9.17, 15) is 18.0 Å². The monoisotopic (exact) mass is 542 g/mol. The van der Waals surface area contributed by atoms with E-state index in [2.05, 4.69) is 15.8 Å². The SMILES string of the molecule is CCOc1ccc(N(CC(=O)N/N=C(/C)c2ccc(NC(C)=O)cc2)S(=O)(=O)c2ccc(Cl)cc2)cc1. The topological polar surface area (TPSA) is 117 Å². The zero-order valence-corrected chi connectivity index (χ0v) is 22.1. The lowest BCUT2D eigenvalue weighted by Gasteiger charge is -2.24. The van der Waals surface area contributed by atoms with Gasteiger partial charge in [0.2, 0.25) is 5.91 Å². The molecule has 2 N–H and O–H groups in total. The maximum atomic E-state index is 13.5. The minimum absolute atomic E-state index is 0.0162. The van der Waals surface area contributed by atoms with Crippen LogP contribution in [0.5, 0.6) is 5.75 Å². The van der Waals surface area contributed by atoms with Crippen molar-refractivity contribution in [3.63, 3.8) is 0 Å². The maximum Gasteiger partial charge on any atom is 0.264 e. The van der Waals surface area contributed by atoms with Crippen molar-refractivity contribution in [2.24, 2.45) is 5.10 Å². The van der Waals surface area contributed by atoms with Crippen LogP contribution in [0.4, 0.5) is 11.4 Å². The molecule has 9 nitrogen and oxygen atoms in total. The number of anilines is 2. The van der Waals surface area contributed by atoms with Crippen LogP contribution in [0.2, 0.25) is 5.02 Å². The van der Waals surface area contributed by atoms with Gasteiger partial charge in [0, 0.05) is 17.6 Å². The molecule has 0 aromatic heterocycles. The summed E-state index contributed by atoms with van der Waals surface area (Å²) < 4.78 is 33.4. The number of nitrogens with zero attached hydrogens (tertiary/aromatic N) is 2. The van der Waals surface area contributed by atoms with E-state index >= 15 is 0 Å². The molecule has 0 unspecified atom stereocenters. The van der Waals surface area contributed by atoms with Gasteiger partial charge in [-0.2, -0.15) is 5.10 Å². The number of sulfonamides is 1. The molecule has 3 aromatic carbocycles. The van der Waals surface area contributed by atoms with Crippen LogP contribution in [-0.2, 0) is 19.6 Å². The van der Waals surface area contributed by atoms with Crippen molar-refractivity contribution in [2.75, 3.05) is 22.8 Å². The van der Waals surface area contributed by atoms with Crippen molar-refractivity contribution in [1.82, 2.24) is 5.43 Å². The fourth-order valence-corrected chi connectivity index (χ4v) is 4.85. The van der Waals surface area contributed by atoms with Gasteiger partial charge in [0.15, 0.2) is 0 Å². The Morgan fingerprint density at radius 1 is 0.946 bits per heavy atom. The second-order valence-electron chi connectivity index (χ2n) is 7.88. The number of amides is 2. The molecule has 194 valence electrons. The van der Waals surface area contributed by atoms with Gasteiger partial charge in [-0.25, -0.2) is 13.8 Å². The fourth-order valence-electron chi connectivity index (χ4n) is 3.30. The first-order valence-corrected chi connectivity index (χ1v) is 13.1. The van der Waals surface area contributed by atoms with E-state index in [0.29, 0.717) is 34.3 Å². The number of hydrogen-bond donors (Lipinski definition) is 2. The average Bonchev–Trinajstić information content (AvgIpc) is 2.87. The molecule has 0 heterocycles. The number of nitrogens with one attached hydrogen (secondary N) is 2. The van der Waals surface area contributed by atoms with Gasteiger partial charge >= 0.3 is 0 Å². The second kappa shape index (κ2) is 12.4. The molecule has 0 atom stereocenters. The molecule has 2 amide bonds.